The Labute approximate surface area is 79.5 Å². The van der Waals surface area contributed by atoms with Crippen LogP contribution in [0.3, 0.4) is 0 Å². The van der Waals surface area contributed by atoms with E-state index >= 15 is 0 Å². The molecule has 2 fully saturated rings. The molecule has 0 spiro atoms. The molecule has 0 radical (unpaired) electrons. The molecule has 0 unspecified atom stereocenters. The Hall–Kier alpha value is -0.120. The summed E-state index contributed by atoms with van der Waals surface area (Å²) >= 11 is 0. The van der Waals surface area contributed by atoms with Crippen molar-refractivity contribution in [3.8, 4) is 0 Å². The van der Waals surface area contributed by atoms with Gasteiger partial charge >= 0.3 is 0 Å². The van der Waals surface area contributed by atoms with Crippen LogP contribution < -0.4 is 5.32 Å². The van der Waals surface area contributed by atoms with Gasteiger partial charge in [-0.3, -0.25) is 0 Å². The zero-order chi connectivity index (χ0) is 9.10. The number of nitrogens with one attached hydrogen (secondary N) is 1. The van der Waals surface area contributed by atoms with Crippen molar-refractivity contribution in [1.82, 2.24) is 5.32 Å². The van der Waals surface area contributed by atoms with E-state index in [0.717, 1.165) is 12.5 Å². The minimum atomic E-state index is -0.290. The molecule has 1 saturated heterocycles. The second kappa shape index (κ2) is 4.40. The van der Waals surface area contributed by atoms with E-state index in [9.17, 15) is 5.11 Å². The molecule has 2 N–H and O–H groups in total. The lowest BCUT2D eigenvalue weighted by Gasteiger charge is -2.17. The Bertz CT molecular complexity index is 157. The minimum absolute atomic E-state index is 0.181. The van der Waals surface area contributed by atoms with Crippen LogP contribution in [0.1, 0.15) is 25.7 Å². The first-order valence-electron chi connectivity index (χ1n) is 5.35. The summed E-state index contributed by atoms with van der Waals surface area (Å²) in [6.07, 6.45) is 5.20. The molecule has 2 rings (SSSR count). The SMILES string of the molecule is O[C@@H]1COC[C@H]1NCC1CCCC1. The molecule has 1 heterocycles. The molecule has 3 nitrogen and oxygen atoms in total. The summed E-state index contributed by atoms with van der Waals surface area (Å²) in [6, 6.07) is 0.181. The summed E-state index contributed by atoms with van der Waals surface area (Å²) in [5.41, 5.74) is 0. The van der Waals surface area contributed by atoms with Crippen molar-refractivity contribution in [1.29, 1.82) is 0 Å². The third kappa shape index (κ3) is 2.42. The molecule has 0 amide bonds. The normalized spacial score (nSPS) is 35.8. The van der Waals surface area contributed by atoms with Crippen LogP contribution in [0.25, 0.3) is 0 Å². The largest absolute Gasteiger partial charge is 0.389 e. The van der Waals surface area contributed by atoms with Gasteiger partial charge in [0.1, 0.15) is 0 Å². The van der Waals surface area contributed by atoms with Gasteiger partial charge in [0.2, 0.25) is 0 Å². The summed E-state index contributed by atoms with van der Waals surface area (Å²) in [6.45, 7) is 2.24. The van der Waals surface area contributed by atoms with Crippen LogP contribution in [0, 0.1) is 5.92 Å². The zero-order valence-electron chi connectivity index (χ0n) is 8.04. The van der Waals surface area contributed by atoms with Gasteiger partial charge in [0.15, 0.2) is 0 Å². The first-order chi connectivity index (χ1) is 6.36. The van der Waals surface area contributed by atoms with Crippen molar-refractivity contribution < 1.29 is 9.84 Å². The fourth-order valence-corrected chi connectivity index (χ4v) is 2.27. The van der Waals surface area contributed by atoms with Crippen LogP contribution >= 0.6 is 0 Å². The van der Waals surface area contributed by atoms with Crippen LogP contribution in [-0.2, 0) is 4.74 Å². The van der Waals surface area contributed by atoms with Gasteiger partial charge in [-0.25, -0.2) is 0 Å². The summed E-state index contributed by atoms with van der Waals surface area (Å²) in [5.74, 6) is 0.841. The third-order valence-electron chi connectivity index (χ3n) is 3.19. The van der Waals surface area contributed by atoms with Crippen molar-refractivity contribution in [3.63, 3.8) is 0 Å². The van der Waals surface area contributed by atoms with Crippen LogP contribution in [0.15, 0.2) is 0 Å². The lowest BCUT2D eigenvalue weighted by molar-refractivity contribution is 0.122. The van der Waals surface area contributed by atoms with Gasteiger partial charge in [0.25, 0.3) is 0 Å². The molecule has 0 aromatic rings. The highest BCUT2D eigenvalue weighted by Gasteiger charge is 2.26. The first kappa shape index (κ1) is 9.44. The quantitative estimate of drug-likeness (QED) is 0.674. The van der Waals surface area contributed by atoms with Crippen LogP contribution in [-0.4, -0.2) is 37.0 Å². The molecule has 0 aromatic heterocycles. The molecule has 1 saturated carbocycles. The maximum Gasteiger partial charge on any atom is 0.0948 e. The van der Waals surface area contributed by atoms with Crippen molar-refractivity contribution in [2.24, 2.45) is 5.92 Å². The zero-order valence-corrected chi connectivity index (χ0v) is 8.04. The average Bonchev–Trinajstić information content (AvgIpc) is 2.72. The lowest BCUT2D eigenvalue weighted by atomic mass is 10.1. The van der Waals surface area contributed by atoms with Crippen molar-refractivity contribution in [3.05, 3.63) is 0 Å². The smallest absolute Gasteiger partial charge is 0.0948 e. The van der Waals surface area contributed by atoms with Gasteiger partial charge in [-0.2, -0.15) is 0 Å². The van der Waals surface area contributed by atoms with E-state index in [1.54, 1.807) is 0 Å². The van der Waals surface area contributed by atoms with Crippen LogP contribution in [0.4, 0.5) is 0 Å². The average molecular weight is 185 g/mol. The summed E-state index contributed by atoms with van der Waals surface area (Å²) < 4.78 is 5.17. The van der Waals surface area contributed by atoms with Gasteiger partial charge in [0, 0.05) is 0 Å². The topological polar surface area (TPSA) is 41.5 Å². The summed E-state index contributed by atoms with van der Waals surface area (Å²) in [5, 5.41) is 12.9. The molecule has 0 bridgehead atoms. The molecule has 2 atom stereocenters. The van der Waals surface area contributed by atoms with Gasteiger partial charge < -0.3 is 15.2 Å². The van der Waals surface area contributed by atoms with Gasteiger partial charge in [0.05, 0.1) is 25.4 Å². The van der Waals surface area contributed by atoms with Gasteiger partial charge in [-0.15, -0.1) is 0 Å². The van der Waals surface area contributed by atoms with E-state index in [4.69, 9.17) is 4.74 Å². The minimum Gasteiger partial charge on any atom is -0.389 e. The lowest BCUT2D eigenvalue weighted by Crippen LogP contribution is -2.40. The Morgan fingerprint density at radius 3 is 2.62 bits per heavy atom. The second-order valence-electron chi connectivity index (χ2n) is 4.27. The van der Waals surface area contributed by atoms with Gasteiger partial charge in [-0.1, -0.05) is 12.8 Å². The van der Waals surface area contributed by atoms with E-state index in [0.29, 0.717) is 13.2 Å². The fraction of sp³-hybridized carbons (Fsp3) is 1.00. The van der Waals surface area contributed by atoms with E-state index < -0.39 is 0 Å². The second-order valence-corrected chi connectivity index (χ2v) is 4.27. The Balaban J connectivity index is 1.66. The molecular weight excluding hydrogens is 166 g/mol. The summed E-state index contributed by atoms with van der Waals surface area (Å²) in [4.78, 5) is 0. The number of rotatable bonds is 3. The number of ether oxygens (including phenoxy) is 1. The van der Waals surface area contributed by atoms with E-state index in [1.165, 1.54) is 25.7 Å². The van der Waals surface area contributed by atoms with E-state index in [2.05, 4.69) is 5.32 Å². The Morgan fingerprint density at radius 1 is 1.23 bits per heavy atom. The highest BCUT2D eigenvalue weighted by atomic mass is 16.5. The van der Waals surface area contributed by atoms with E-state index in [-0.39, 0.29) is 12.1 Å². The number of aliphatic hydroxyl groups excluding tert-OH is 1. The van der Waals surface area contributed by atoms with Crippen molar-refractivity contribution in [2.75, 3.05) is 19.8 Å². The van der Waals surface area contributed by atoms with Crippen molar-refractivity contribution in [2.45, 2.75) is 37.8 Å². The molecular formula is C10H19NO2. The number of hydrogen-bond acceptors (Lipinski definition) is 3. The molecule has 2 aliphatic rings. The first-order valence-corrected chi connectivity index (χ1v) is 5.35. The van der Waals surface area contributed by atoms with Crippen LogP contribution in [0.2, 0.25) is 0 Å². The molecule has 0 aromatic carbocycles. The Kier molecular flexibility index (Phi) is 3.19. The fourth-order valence-electron chi connectivity index (χ4n) is 2.27. The molecule has 1 aliphatic heterocycles. The maximum absolute atomic E-state index is 9.48. The predicted molar refractivity (Wildman–Crippen MR) is 50.6 cm³/mol. The number of hydrogen-bond donors (Lipinski definition) is 2. The molecule has 76 valence electrons. The maximum atomic E-state index is 9.48. The van der Waals surface area contributed by atoms with Gasteiger partial charge in [-0.05, 0) is 25.3 Å². The van der Waals surface area contributed by atoms with Crippen molar-refractivity contribution >= 4 is 0 Å². The standard InChI is InChI=1S/C10H19NO2/c12-10-7-13-6-9(10)11-5-8-3-1-2-4-8/h8-12H,1-7H2/t9-,10-/m1/s1. The third-order valence-corrected chi connectivity index (χ3v) is 3.19. The highest BCUT2D eigenvalue weighted by Crippen LogP contribution is 2.24. The van der Waals surface area contributed by atoms with E-state index in [1.807, 2.05) is 0 Å². The summed E-state index contributed by atoms with van der Waals surface area (Å²) in [7, 11) is 0. The molecule has 13 heavy (non-hydrogen) atoms. The molecule has 3 heteroatoms. The molecule has 1 aliphatic carbocycles. The Morgan fingerprint density at radius 2 is 2.00 bits per heavy atom. The monoisotopic (exact) mass is 185 g/mol. The predicted octanol–water partition coefficient (Wildman–Crippen LogP) is 0.526. The van der Waals surface area contributed by atoms with Crippen LogP contribution in [0.5, 0.6) is 0 Å². The highest BCUT2D eigenvalue weighted by molar-refractivity contribution is 4.82. The number of aliphatic hydroxyl groups is 1.